The molecule has 5 heteroatoms. The van der Waals surface area contributed by atoms with Crippen molar-refractivity contribution < 1.29 is 8.42 Å². The molecule has 1 aromatic rings. The molecule has 2 N–H and O–H groups in total. The average Bonchev–Trinajstić information content (AvgIpc) is 2.39. The maximum Gasteiger partial charge on any atom is 0.242 e. The van der Waals surface area contributed by atoms with Gasteiger partial charge in [-0.15, -0.1) is 0 Å². The zero-order valence-corrected chi connectivity index (χ0v) is 13.0. The van der Waals surface area contributed by atoms with Crippen molar-refractivity contribution in [2.45, 2.75) is 50.5 Å². The number of anilines is 1. The lowest BCUT2D eigenvalue weighted by molar-refractivity contribution is 0.327. The van der Waals surface area contributed by atoms with Crippen molar-refractivity contribution >= 4 is 15.7 Å². The first-order valence-corrected chi connectivity index (χ1v) is 8.86. The summed E-state index contributed by atoms with van der Waals surface area (Å²) >= 11 is 0. The third-order valence-corrected chi connectivity index (χ3v) is 5.38. The number of rotatable bonds is 5. The maximum atomic E-state index is 12.6. The van der Waals surface area contributed by atoms with Crippen LogP contribution in [0.1, 0.15) is 39.5 Å². The number of benzene rings is 1. The van der Waals surface area contributed by atoms with Crippen LogP contribution in [0.3, 0.4) is 0 Å². The molecule has 0 aromatic heterocycles. The number of para-hydroxylation sites is 1. The van der Waals surface area contributed by atoms with Crippen LogP contribution in [0.15, 0.2) is 29.2 Å². The van der Waals surface area contributed by atoms with Gasteiger partial charge >= 0.3 is 0 Å². The molecule has 0 radical (unpaired) electrons. The summed E-state index contributed by atoms with van der Waals surface area (Å²) < 4.78 is 28.0. The molecule has 112 valence electrons. The Morgan fingerprint density at radius 2 is 2.00 bits per heavy atom. The molecule has 20 heavy (non-hydrogen) atoms. The molecule has 2 rings (SSSR count). The highest BCUT2D eigenvalue weighted by molar-refractivity contribution is 7.89. The first-order chi connectivity index (χ1) is 9.53. The van der Waals surface area contributed by atoms with Gasteiger partial charge in [-0.2, -0.15) is 0 Å². The van der Waals surface area contributed by atoms with Crippen molar-refractivity contribution in [1.82, 2.24) is 4.72 Å². The monoisotopic (exact) mass is 296 g/mol. The third-order valence-electron chi connectivity index (χ3n) is 3.80. The van der Waals surface area contributed by atoms with Gasteiger partial charge in [0, 0.05) is 12.6 Å². The van der Waals surface area contributed by atoms with Crippen molar-refractivity contribution in [3.05, 3.63) is 24.3 Å². The van der Waals surface area contributed by atoms with E-state index >= 15 is 0 Å². The number of sulfonamides is 1. The fourth-order valence-corrected chi connectivity index (χ4v) is 4.33. The Balaban J connectivity index is 2.17. The van der Waals surface area contributed by atoms with Crippen LogP contribution in [-0.4, -0.2) is 21.0 Å². The van der Waals surface area contributed by atoms with E-state index in [0.717, 1.165) is 19.3 Å². The van der Waals surface area contributed by atoms with Crippen LogP contribution < -0.4 is 10.0 Å². The third kappa shape index (κ3) is 3.73. The van der Waals surface area contributed by atoms with Gasteiger partial charge in [0.25, 0.3) is 0 Å². The molecular weight excluding hydrogens is 272 g/mol. The minimum absolute atomic E-state index is 0.0680. The molecule has 2 unspecified atom stereocenters. The molecule has 0 bridgehead atoms. The Bertz CT molecular complexity index is 543. The van der Waals surface area contributed by atoms with Gasteiger partial charge in [0.2, 0.25) is 10.0 Å². The lowest BCUT2D eigenvalue weighted by atomic mass is 9.88. The van der Waals surface area contributed by atoms with Crippen LogP contribution in [0, 0.1) is 5.92 Å². The molecule has 1 fully saturated rings. The summed E-state index contributed by atoms with van der Waals surface area (Å²) in [6.07, 6.45) is 4.17. The van der Waals surface area contributed by atoms with Gasteiger partial charge in [0.05, 0.1) is 5.69 Å². The minimum Gasteiger partial charge on any atom is -0.384 e. The number of nitrogens with one attached hydrogen (secondary N) is 2. The van der Waals surface area contributed by atoms with E-state index in [-0.39, 0.29) is 6.04 Å². The molecule has 0 aliphatic heterocycles. The normalized spacial score (nSPS) is 23.5. The van der Waals surface area contributed by atoms with Crippen LogP contribution in [0.5, 0.6) is 0 Å². The molecule has 1 aliphatic carbocycles. The second kappa shape index (κ2) is 6.59. The van der Waals surface area contributed by atoms with Gasteiger partial charge in [0.1, 0.15) is 4.90 Å². The largest absolute Gasteiger partial charge is 0.384 e. The van der Waals surface area contributed by atoms with Crippen molar-refractivity contribution in [2.75, 3.05) is 11.9 Å². The highest BCUT2D eigenvalue weighted by atomic mass is 32.2. The topological polar surface area (TPSA) is 58.2 Å². The maximum absolute atomic E-state index is 12.6. The van der Waals surface area contributed by atoms with E-state index in [1.807, 2.05) is 19.1 Å². The predicted octanol–water partition coefficient (Wildman–Crippen LogP) is 2.98. The lowest BCUT2D eigenvalue weighted by Gasteiger charge is -2.27. The fraction of sp³-hybridized carbons (Fsp3) is 0.600. The quantitative estimate of drug-likeness (QED) is 0.878. The van der Waals surface area contributed by atoms with E-state index < -0.39 is 10.0 Å². The Hall–Kier alpha value is -1.07. The van der Waals surface area contributed by atoms with E-state index in [9.17, 15) is 8.42 Å². The van der Waals surface area contributed by atoms with Gasteiger partial charge in [-0.1, -0.05) is 31.9 Å². The predicted molar refractivity (Wildman–Crippen MR) is 82.3 cm³/mol. The van der Waals surface area contributed by atoms with Crippen molar-refractivity contribution in [3.8, 4) is 0 Å². The van der Waals surface area contributed by atoms with Crippen LogP contribution in [0.25, 0.3) is 0 Å². The zero-order chi connectivity index (χ0) is 14.6. The van der Waals surface area contributed by atoms with E-state index in [4.69, 9.17) is 0 Å². The molecular formula is C15H24N2O2S. The Morgan fingerprint density at radius 1 is 1.25 bits per heavy atom. The molecule has 2 atom stereocenters. The minimum atomic E-state index is -3.45. The first-order valence-electron chi connectivity index (χ1n) is 7.38. The summed E-state index contributed by atoms with van der Waals surface area (Å²) in [6.45, 7) is 4.85. The first kappa shape index (κ1) is 15.3. The fourth-order valence-electron chi connectivity index (χ4n) is 2.86. The summed E-state index contributed by atoms with van der Waals surface area (Å²) in [4.78, 5) is 0.347. The van der Waals surface area contributed by atoms with Gasteiger partial charge < -0.3 is 5.32 Å². The molecule has 1 aromatic carbocycles. The van der Waals surface area contributed by atoms with E-state index in [1.54, 1.807) is 12.1 Å². The molecule has 0 heterocycles. The highest BCUT2D eigenvalue weighted by Gasteiger charge is 2.25. The molecule has 1 aliphatic rings. The standard InChI is InChI=1S/C15H24N2O2S/c1-3-16-14-9-4-5-10-15(14)20(18,19)17-13-8-6-7-12(2)11-13/h4-5,9-10,12-13,16-17H,3,6-8,11H2,1-2H3. The number of hydrogen-bond acceptors (Lipinski definition) is 3. The van der Waals surface area contributed by atoms with Crippen molar-refractivity contribution in [2.24, 2.45) is 5.92 Å². The van der Waals surface area contributed by atoms with Crippen LogP contribution in [0.4, 0.5) is 5.69 Å². The van der Waals surface area contributed by atoms with E-state index in [2.05, 4.69) is 17.0 Å². The second-order valence-electron chi connectivity index (χ2n) is 5.62. The van der Waals surface area contributed by atoms with Gasteiger partial charge in [0.15, 0.2) is 0 Å². The molecule has 4 nitrogen and oxygen atoms in total. The van der Waals surface area contributed by atoms with Gasteiger partial charge in [-0.05, 0) is 37.8 Å². The lowest BCUT2D eigenvalue weighted by Crippen LogP contribution is -2.38. The second-order valence-corrected chi connectivity index (χ2v) is 7.30. The number of hydrogen-bond donors (Lipinski definition) is 2. The van der Waals surface area contributed by atoms with Crippen LogP contribution in [-0.2, 0) is 10.0 Å². The highest BCUT2D eigenvalue weighted by Crippen LogP contribution is 2.26. The van der Waals surface area contributed by atoms with Gasteiger partial charge in [-0.3, -0.25) is 0 Å². The summed E-state index contributed by atoms with van der Waals surface area (Å²) in [7, 11) is -3.45. The van der Waals surface area contributed by atoms with Crippen molar-refractivity contribution in [3.63, 3.8) is 0 Å². The Kier molecular flexibility index (Phi) is 5.05. The molecule has 0 spiro atoms. The SMILES string of the molecule is CCNc1ccccc1S(=O)(=O)NC1CCCC(C)C1. The van der Waals surface area contributed by atoms with Crippen molar-refractivity contribution in [1.29, 1.82) is 0 Å². The van der Waals surface area contributed by atoms with E-state index in [1.165, 1.54) is 6.42 Å². The summed E-state index contributed by atoms with van der Waals surface area (Å²) in [5.74, 6) is 0.598. The Labute approximate surface area is 122 Å². The summed E-state index contributed by atoms with van der Waals surface area (Å²) in [6, 6.07) is 7.14. The Morgan fingerprint density at radius 3 is 2.70 bits per heavy atom. The van der Waals surface area contributed by atoms with Crippen LogP contribution in [0.2, 0.25) is 0 Å². The van der Waals surface area contributed by atoms with Crippen LogP contribution >= 0.6 is 0 Å². The summed E-state index contributed by atoms with van der Waals surface area (Å²) in [5.41, 5.74) is 0.673. The smallest absolute Gasteiger partial charge is 0.242 e. The summed E-state index contributed by atoms with van der Waals surface area (Å²) in [5, 5.41) is 3.11. The molecule has 1 saturated carbocycles. The zero-order valence-electron chi connectivity index (χ0n) is 12.2. The average molecular weight is 296 g/mol. The van der Waals surface area contributed by atoms with E-state index in [0.29, 0.717) is 23.0 Å². The molecule has 0 saturated heterocycles. The van der Waals surface area contributed by atoms with Gasteiger partial charge in [-0.25, -0.2) is 13.1 Å². The molecule has 0 amide bonds.